The van der Waals surface area contributed by atoms with Crippen molar-refractivity contribution in [1.29, 1.82) is 0 Å². The van der Waals surface area contributed by atoms with Crippen LogP contribution in [-0.4, -0.2) is 24.2 Å². The number of hydrogen-bond acceptors (Lipinski definition) is 2. The molecule has 3 nitrogen and oxygen atoms in total. The Kier molecular flexibility index (Phi) is 35.2. The molecule has 0 aliphatic carbocycles. The van der Waals surface area contributed by atoms with E-state index in [-0.39, 0.29) is 0 Å². The lowest BCUT2D eigenvalue weighted by Crippen LogP contribution is -2.16. The van der Waals surface area contributed by atoms with Crippen LogP contribution in [0.15, 0.2) is 0 Å². The number of aliphatic carboxylic acids is 1. The van der Waals surface area contributed by atoms with Crippen molar-refractivity contribution in [2.75, 3.05) is 13.1 Å². The summed E-state index contributed by atoms with van der Waals surface area (Å²) in [6, 6.07) is 0. The molecule has 33 heavy (non-hydrogen) atoms. The Bertz CT molecular complexity index is 328. The summed E-state index contributed by atoms with van der Waals surface area (Å²) < 4.78 is 0. The van der Waals surface area contributed by atoms with Crippen molar-refractivity contribution in [2.45, 2.75) is 175 Å². The van der Waals surface area contributed by atoms with E-state index in [0.717, 1.165) is 12.8 Å². The van der Waals surface area contributed by atoms with Crippen LogP contribution in [0.4, 0.5) is 0 Å². The zero-order valence-electron chi connectivity index (χ0n) is 23.2. The van der Waals surface area contributed by atoms with Crippen LogP contribution in [0.25, 0.3) is 0 Å². The van der Waals surface area contributed by atoms with Crippen LogP contribution in [0.1, 0.15) is 175 Å². The second-order valence-corrected chi connectivity index (χ2v) is 9.96. The fraction of sp³-hybridized carbons (Fsp3) is 0.967. The van der Waals surface area contributed by atoms with Gasteiger partial charge in [0, 0.05) is 6.42 Å². The molecule has 0 heterocycles. The summed E-state index contributed by atoms with van der Waals surface area (Å²) in [6.07, 6.45) is 31.5. The molecule has 0 aromatic carbocycles. The molecule has 0 atom stereocenters. The third-order valence-electron chi connectivity index (χ3n) is 6.41. The van der Waals surface area contributed by atoms with Crippen LogP contribution in [0.5, 0.6) is 0 Å². The Morgan fingerprint density at radius 2 is 0.727 bits per heavy atom. The summed E-state index contributed by atoms with van der Waals surface area (Å²) in [5, 5.41) is 12.0. The van der Waals surface area contributed by atoms with Gasteiger partial charge in [-0.3, -0.25) is 4.79 Å². The highest BCUT2D eigenvalue weighted by atomic mass is 16.4. The molecule has 0 aromatic heterocycles. The molecule has 0 spiro atoms. The van der Waals surface area contributed by atoms with Gasteiger partial charge < -0.3 is 10.4 Å². The average molecular weight is 470 g/mol. The molecule has 0 radical (unpaired) electrons. The van der Waals surface area contributed by atoms with Crippen LogP contribution in [0.2, 0.25) is 0 Å². The van der Waals surface area contributed by atoms with Crippen LogP contribution in [0.3, 0.4) is 0 Å². The molecule has 0 aliphatic heterocycles. The second kappa shape index (κ2) is 33.6. The third-order valence-corrected chi connectivity index (χ3v) is 6.41. The second-order valence-electron chi connectivity index (χ2n) is 9.96. The first-order valence-electron chi connectivity index (χ1n) is 15.1. The molecule has 2 N–H and O–H groups in total. The lowest BCUT2D eigenvalue weighted by molar-refractivity contribution is -0.137. The maximum Gasteiger partial charge on any atom is 0.303 e. The zero-order valence-corrected chi connectivity index (χ0v) is 23.2. The summed E-state index contributed by atoms with van der Waals surface area (Å²) in [4.78, 5) is 10.1. The van der Waals surface area contributed by atoms with E-state index in [1.807, 2.05) is 0 Å². The molecule has 0 fully saturated rings. The molecular weight excluding hydrogens is 406 g/mol. The van der Waals surface area contributed by atoms with Crippen molar-refractivity contribution in [3.63, 3.8) is 0 Å². The van der Waals surface area contributed by atoms with Crippen LogP contribution >= 0.6 is 0 Å². The molecule has 3 heteroatoms. The minimum absolute atomic E-state index is 0.341. The van der Waals surface area contributed by atoms with Crippen molar-refractivity contribution in [1.82, 2.24) is 5.32 Å². The predicted molar refractivity (Wildman–Crippen MR) is 148 cm³/mol. The number of carboxylic acids is 1. The summed E-state index contributed by atoms with van der Waals surface area (Å²) in [5.74, 6) is -0.663. The molecular formula is C30H63NO2. The average Bonchev–Trinajstić information content (AvgIpc) is 2.81. The van der Waals surface area contributed by atoms with Gasteiger partial charge in [-0.05, 0) is 32.4 Å². The SMILES string of the molecule is CCCCCCCCCC(=O)O.CCCCCCCCCCNCCCCCCCCCC. The normalized spacial score (nSPS) is 10.8. The summed E-state index contributed by atoms with van der Waals surface area (Å²) in [6.45, 7) is 9.26. The highest BCUT2D eigenvalue weighted by Crippen LogP contribution is 2.10. The quantitative estimate of drug-likeness (QED) is 0.124. The van der Waals surface area contributed by atoms with Gasteiger partial charge in [0.15, 0.2) is 0 Å². The van der Waals surface area contributed by atoms with Gasteiger partial charge in [-0.1, -0.05) is 149 Å². The molecule has 0 saturated heterocycles. The lowest BCUT2D eigenvalue weighted by atomic mass is 10.1. The molecule has 0 saturated carbocycles. The molecule has 0 unspecified atom stereocenters. The first-order valence-corrected chi connectivity index (χ1v) is 15.1. The molecule has 0 bridgehead atoms. The topological polar surface area (TPSA) is 49.3 Å². The number of rotatable bonds is 26. The van der Waals surface area contributed by atoms with E-state index >= 15 is 0 Å². The Morgan fingerprint density at radius 1 is 0.455 bits per heavy atom. The fourth-order valence-electron chi connectivity index (χ4n) is 4.13. The summed E-state index contributed by atoms with van der Waals surface area (Å²) in [5.41, 5.74) is 0. The van der Waals surface area contributed by atoms with Crippen molar-refractivity contribution < 1.29 is 9.90 Å². The Hall–Kier alpha value is -0.570. The van der Waals surface area contributed by atoms with Gasteiger partial charge in [0.25, 0.3) is 0 Å². The van der Waals surface area contributed by atoms with Gasteiger partial charge in [-0.2, -0.15) is 0 Å². The van der Waals surface area contributed by atoms with E-state index in [9.17, 15) is 4.79 Å². The zero-order chi connectivity index (χ0) is 24.7. The van der Waals surface area contributed by atoms with E-state index < -0.39 is 5.97 Å². The highest BCUT2D eigenvalue weighted by Gasteiger charge is 1.96. The summed E-state index contributed by atoms with van der Waals surface area (Å²) in [7, 11) is 0. The maximum absolute atomic E-state index is 10.1. The molecule has 200 valence electrons. The third kappa shape index (κ3) is 39.0. The van der Waals surface area contributed by atoms with Gasteiger partial charge in [0.2, 0.25) is 0 Å². The van der Waals surface area contributed by atoms with Gasteiger partial charge >= 0.3 is 5.97 Å². The Morgan fingerprint density at radius 3 is 1.03 bits per heavy atom. The summed E-state index contributed by atoms with van der Waals surface area (Å²) >= 11 is 0. The minimum atomic E-state index is -0.663. The number of nitrogens with one attached hydrogen (secondary N) is 1. The Labute approximate surface area is 209 Å². The minimum Gasteiger partial charge on any atom is -0.481 e. The largest absolute Gasteiger partial charge is 0.481 e. The number of hydrogen-bond donors (Lipinski definition) is 2. The molecule has 0 aromatic rings. The monoisotopic (exact) mass is 469 g/mol. The van der Waals surface area contributed by atoms with Gasteiger partial charge in [-0.25, -0.2) is 0 Å². The first-order chi connectivity index (χ1) is 16.2. The number of unbranched alkanes of at least 4 members (excludes halogenated alkanes) is 20. The van der Waals surface area contributed by atoms with E-state index in [4.69, 9.17) is 5.11 Å². The first kappa shape index (κ1) is 34.6. The van der Waals surface area contributed by atoms with Crippen molar-refractivity contribution in [2.24, 2.45) is 0 Å². The van der Waals surface area contributed by atoms with E-state index in [0.29, 0.717) is 6.42 Å². The van der Waals surface area contributed by atoms with Crippen molar-refractivity contribution >= 4 is 5.97 Å². The highest BCUT2D eigenvalue weighted by molar-refractivity contribution is 5.66. The fourth-order valence-corrected chi connectivity index (χ4v) is 4.13. The maximum atomic E-state index is 10.1. The molecule has 0 aliphatic rings. The molecule has 0 amide bonds. The number of carboxylic acid groups (broad SMARTS) is 1. The van der Waals surface area contributed by atoms with Gasteiger partial charge in [0.05, 0.1) is 0 Å². The van der Waals surface area contributed by atoms with Gasteiger partial charge in [-0.15, -0.1) is 0 Å². The van der Waals surface area contributed by atoms with E-state index in [2.05, 4.69) is 26.1 Å². The van der Waals surface area contributed by atoms with Gasteiger partial charge in [0.1, 0.15) is 0 Å². The van der Waals surface area contributed by atoms with Crippen LogP contribution in [-0.2, 0) is 4.79 Å². The van der Waals surface area contributed by atoms with E-state index in [1.54, 1.807) is 0 Å². The number of carbonyl (C=O) groups is 1. The van der Waals surface area contributed by atoms with Crippen LogP contribution in [0, 0.1) is 0 Å². The van der Waals surface area contributed by atoms with Crippen molar-refractivity contribution in [3.8, 4) is 0 Å². The van der Waals surface area contributed by atoms with Crippen molar-refractivity contribution in [3.05, 3.63) is 0 Å². The Balaban J connectivity index is 0. The van der Waals surface area contributed by atoms with E-state index in [1.165, 1.54) is 148 Å². The lowest BCUT2D eigenvalue weighted by Gasteiger charge is -2.05. The van der Waals surface area contributed by atoms with Crippen LogP contribution < -0.4 is 5.32 Å². The standard InChI is InChI=1S/C20H43N.C10H20O2/c1-3-5-7-9-11-13-15-17-19-21-20-18-16-14-12-10-8-6-4-2;1-2-3-4-5-6-7-8-9-10(11)12/h21H,3-20H2,1-2H3;2-9H2,1H3,(H,11,12). The smallest absolute Gasteiger partial charge is 0.303 e. The molecule has 0 rings (SSSR count). The predicted octanol–water partition coefficient (Wildman–Crippen LogP) is 10.1.